The maximum Gasteiger partial charge on any atom is 0.164 e. The van der Waals surface area contributed by atoms with Gasteiger partial charge in [0, 0.05) is 18.1 Å². The molecule has 0 bridgehead atoms. The molecule has 3 heteroatoms. The van der Waals surface area contributed by atoms with Crippen LogP contribution in [0.15, 0.2) is 18.2 Å². The molecule has 0 saturated heterocycles. The molecule has 2 rings (SSSR count). The molecule has 76 valence electrons. The quantitative estimate of drug-likeness (QED) is 0.776. The summed E-state index contributed by atoms with van der Waals surface area (Å²) >= 11 is 0. The van der Waals surface area contributed by atoms with Gasteiger partial charge in [0.15, 0.2) is 11.5 Å². The molecule has 3 nitrogen and oxygen atoms in total. The third-order valence-electron chi connectivity index (χ3n) is 2.40. The lowest BCUT2D eigenvalue weighted by molar-refractivity contribution is 0.167. The second-order valence-electron chi connectivity index (χ2n) is 3.46. The molecule has 1 N–H and O–H groups in total. The summed E-state index contributed by atoms with van der Waals surface area (Å²) in [5, 5.41) is 9.09. The Morgan fingerprint density at radius 3 is 2.93 bits per heavy atom. The topological polar surface area (TPSA) is 38.7 Å². The summed E-state index contributed by atoms with van der Waals surface area (Å²) < 4.78 is 11.0. The fourth-order valence-electron chi connectivity index (χ4n) is 1.58. The second kappa shape index (κ2) is 3.88. The van der Waals surface area contributed by atoms with Crippen molar-refractivity contribution < 1.29 is 14.6 Å². The highest BCUT2D eigenvalue weighted by atomic mass is 16.6. The number of hydrogen-bond donors (Lipinski definition) is 1. The van der Waals surface area contributed by atoms with E-state index in [1.807, 2.05) is 25.1 Å². The van der Waals surface area contributed by atoms with Gasteiger partial charge in [-0.2, -0.15) is 0 Å². The number of ether oxygens (including phenoxy) is 2. The minimum atomic E-state index is 0.0895. The molecular formula is C11H14O3. The van der Waals surface area contributed by atoms with Crippen LogP contribution in [0.25, 0.3) is 0 Å². The molecule has 14 heavy (non-hydrogen) atoms. The maximum atomic E-state index is 9.09. The molecule has 1 atom stereocenters. The number of para-hydroxylation sites is 1. The van der Waals surface area contributed by atoms with E-state index >= 15 is 0 Å². The number of rotatable bonds is 2. The normalized spacial score (nSPS) is 16.4. The van der Waals surface area contributed by atoms with Crippen LogP contribution < -0.4 is 9.47 Å². The van der Waals surface area contributed by atoms with Gasteiger partial charge in [-0.1, -0.05) is 19.1 Å². The molecular weight excluding hydrogens is 180 g/mol. The van der Waals surface area contributed by atoms with Crippen LogP contribution in [0, 0.1) is 0 Å². The van der Waals surface area contributed by atoms with Crippen LogP contribution in [0.2, 0.25) is 0 Å². The highest BCUT2D eigenvalue weighted by molar-refractivity contribution is 5.48. The number of fused-ring (bicyclic) bond motifs is 1. The summed E-state index contributed by atoms with van der Waals surface area (Å²) in [5.74, 6) is 1.67. The van der Waals surface area contributed by atoms with Crippen LogP contribution in [0.3, 0.4) is 0 Å². The minimum Gasteiger partial charge on any atom is -0.486 e. The van der Waals surface area contributed by atoms with E-state index in [0.717, 1.165) is 17.1 Å². The summed E-state index contributed by atoms with van der Waals surface area (Å²) in [6.45, 7) is 3.28. The summed E-state index contributed by atoms with van der Waals surface area (Å²) in [4.78, 5) is 0. The fourth-order valence-corrected chi connectivity index (χ4v) is 1.58. The number of aliphatic hydroxyl groups is 1. The second-order valence-corrected chi connectivity index (χ2v) is 3.46. The van der Waals surface area contributed by atoms with Gasteiger partial charge in [-0.25, -0.2) is 0 Å². The average Bonchev–Trinajstić information content (AvgIpc) is 2.27. The average molecular weight is 194 g/mol. The van der Waals surface area contributed by atoms with Crippen molar-refractivity contribution >= 4 is 0 Å². The van der Waals surface area contributed by atoms with Crippen LogP contribution in [0.5, 0.6) is 11.5 Å². The standard InChI is InChI=1S/C11H14O3/c1-8(7-12)9-3-2-4-10-11(9)14-6-5-13-10/h2-4,8,12H,5-7H2,1H3/t8-/m0/s1. The number of hydrogen-bond acceptors (Lipinski definition) is 3. The molecule has 1 aromatic carbocycles. The molecule has 0 unspecified atom stereocenters. The van der Waals surface area contributed by atoms with Gasteiger partial charge in [0.1, 0.15) is 13.2 Å². The predicted octanol–water partition coefficient (Wildman–Crippen LogP) is 1.55. The molecule has 1 aliphatic heterocycles. The molecule has 0 fully saturated rings. The van der Waals surface area contributed by atoms with E-state index in [1.54, 1.807) is 0 Å². The molecule has 1 heterocycles. The van der Waals surface area contributed by atoms with Gasteiger partial charge in [0.25, 0.3) is 0 Å². The third-order valence-corrected chi connectivity index (χ3v) is 2.40. The molecule has 0 aromatic heterocycles. The third kappa shape index (κ3) is 1.55. The van der Waals surface area contributed by atoms with E-state index in [0.29, 0.717) is 13.2 Å². The Kier molecular flexibility index (Phi) is 2.59. The Bertz CT molecular complexity index is 322. The molecule has 0 aliphatic carbocycles. The Morgan fingerprint density at radius 2 is 2.14 bits per heavy atom. The zero-order valence-electron chi connectivity index (χ0n) is 8.19. The zero-order valence-corrected chi connectivity index (χ0v) is 8.19. The van der Waals surface area contributed by atoms with E-state index in [2.05, 4.69) is 0 Å². The SMILES string of the molecule is C[C@@H](CO)c1cccc2c1OCCO2. The Balaban J connectivity index is 2.39. The van der Waals surface area contributed by atoms with Crippen LogP contribution in [0.4, 0.5) is 0 Å². The van der Waals surface area contributed by atoms with Gasteiger partial charge in [0.05, 0.1) is 0 Å². The lowest BCUT2D eigenvalue weighted by Crippen LogP contribution is -2.17. The van der Waals surface area contributed by atoms with Crippen LogP contribution >= 0.6 is 0 Å². The highest BCUT2D eigenvalue weighted by Gasteiger charge is 2.18. The highest BCUT2D eigenvalue weighted by Crippen LogP contribution is 2.37. The largest absolute Gasteiger partial charge is 0.486 e. The summed E-state index contributed by atoms with van der Waals surface area (Å²) in [6, 6.07) is 5.78. The number of benzene rings is 1. The van der Waals surface area contributed by atoms with Crippen molar-refractivity contribution in [2.24, 2.45) is 0 Å². The van der Waals surface area contributed by atoms with E-state index in [9.17, 15) is 0 Å². The van der Waals surface area contributed by atoms with Crippen molar-refractivity contribution in [2.75, 3.05) is 19.8 Å². The van der Waals surface area contributed by atoms with E-state index in [1.165, 1.54) is 0 Å². The Morgan fingerprint density at radius 1 is 1.36 bits per heavy atom. The lowest BCUT2D eigenvalue weighted by atomic mass is 10.0. The maximum absolute atomic E-state index is 9.09. The van der Waals surface area contributed by atoms with Crippen molar-refractivity contribution in [3.8, 4) is 11.5 Å². The van der Waals surface area contributed by atoms with Crippen LogP contribution in [0.1, 0.15) is 18.4 Å². The molecule has 0 saturated carbocycles. The van der Waals surface area contributed by atoms with Crippen molar-refractivity contribution in [3.05, 3.63) is 23.8 Å². The number of aliphatic hydroxyl groups excluding tert-OH is 1. The van der Waals surface area contributed by atoms with Gasteiger partial charge in [-0.15, -0.1) is 0 Å². The van der Waals surface area contributed by atoms with Crippen molar-refractivity contribution in [2.45, 2.75) is 12.8 Å². The van der Waals surface area contributed by atoms with Gasteiger partial charge in [0.2, 0.25) is 0 Å². The minimum absolute atomic E-state index is 0.0895. The summed E-state index contributed by atoms with van der Waals surface area (Å²) in [5.41, 5.74) is 1.02. The Hall–Kier alpha value is -1.22. The summed E-state index contributed by atoms with van der Waals surface area (Å²) in [7, 11) is 0. The fraction of sp³-hybridized carbons (Fsp3) is 0.455. The van der Waals surface area contributed by atoms with Crippen molar-refractivity contribution in [1.82, 2.24) is 0 Å². The van der Waals surface area contributed by atoms with Crippen LogP contribution in [-0.2, 0) is 0 Å². The first-order valence-corrected chi connectivity index (χ1v) is 4.82. The van der Waals surface area contributed by atoms with Gasteiger partial charge >= 0.3 is 0 Å². The summed E-state index contributed by atoms with van der Waals surface area (Å²) in [6.07, 6.45) is 0. The van der Waals surface area contributed by atoms with Gasteiger partial charge in [-0.3, -0.25) is 0 Å². The van der Waals surface area contributed by atoms with Crippen molar-refractivity contribution in [3.63, 3.8) is 0 Å². The predicted molar refractivity (Wildman–Crippen MR) is 52.9 cm³/mol. The lowest BCUT2D eigenvalue weighted by Gasteiger charge is -2.22. The first-order valence-electron chi connectivity index (χ1n) is 4.82. The molecule has 0 amide bonds. The van der Waals surface area contributed by atoms with Crippen molar-refractivity contribution in [1.29, 1.82) is 0 Å². The Labute approximate surface area is 83.3 Å². The smallest absolute Gasteiger partial charge is 0.164 e. The van der Waals surface area contributed by atoms with Crippen LogP contribution in [-0.4, -0.2) is 24.9 Å². The van der Waals surface area contributed by atoms with E-state index < -0.39 is 0 Å². The van der Waals surface area contributed by atoms with Gasteiger partial charge in [-0.05, 0) is 6.07 Å². The molecule has 0 spiro atoms. The first kappa shape index (κ1) is 9.34. The first-order chi connectivity index (χ1) is 6.83. The molecule has 1 aromatic rings. The van der Waals surface area contributed by atoms with E-state index in [-0.39, 0.29) is 12.5 Å². The monoisotopic (exact) mass is 194 g/mol. The van der Waals surface area contributed by atoms with E-state index in [4.69, 9.17) is 14.6 Å². The zero-order chi connectivity index (χ0) is 9.97. The molecule has 1 aliphatic rings. The molecule has 0 radical (unpaired) electrons. The van der Waals surface area contributed by atoms with Gasteiger partial charge < -0.3 is 14.6 Å².